The number of carbonyl (C=O) groups is 1. The van der Waals surface area contributed by atoms with Gasteiger partial charge in [-0.2, -0.15) is 0 Å². The van der Waals surface area contributed by atoms with E-state index in [0.717, 1.165) is 28.8 Å². The molecule has 0 aliphatic carbocycles. The predicted octanol–water partition coefficient (Wildman–Crippen LogP) is 2.86. The molecule has 0 amide bonds. The van der Waals surface area contributed by atoms with Crippen LogP contribution in [0, 0.1) is 6.92 Å². The van der Waals surface area contributed by atoms with Crippen LogP contribution in [0.1, 0.15) is 27.0 Å². The van der Waals surface area contributed by atoms with E-state index in [1.165, 1.54) is 18.5 Å². The van der Waals surface area contributed by atoms with E-state index in [1.54, 1.807) is 12.1 Å². The van der Waals surface area contributed by atoms with Gasteiger partial charge in [0.15, 0.2) is 11.6 Å². The van der Waals surface area contributed by atoms with Gasteiger partial charge in [-0.1, -0.05) is 12.1 Å². The monoisotopic (exact) mass is 389 g/mol. The molecule has 5 N–H and O–H groups in total. The molecule has 146 valence electrons. The summed E-state index contributed by atoms with van der Waals surface area (Å²) in [7, 11) is 0. The highest BCUT2D eigenvalue weighted by Crippen LogP contribution is 2.35. The molecule has 1 aromatic heterocycles. The first-order valence-corrected chi connectivity index (χ1v) is 9.03. The second-order valence-electron chi connectivity index (χ2n) is 6.71. The molecule has 0 bridgehead atoms. The summed E-state index contributed by atoms with van der Waals surface area (Å²) in [6.45, 7) is 2.64. The third kappa shape index (κ3) is 3.36. The third-order valence-corrected chi connectivity index (χ3v) is 5.00. The highest BCUT2D eigenvalue weighted by atomic mass is 16.4. The lowest BCUT2D eigenvalue weighted by atomic mass is 9.95. The lowest BCUT2D eigenvalue weighted by molar-refractivity contribution is 0.0697. The molecule has 4 rings (SSSR count). The van der Waals surface area contributed by atoms with Crippen molar-refractivity contribution in [2.24, 2.45) is 10.7 Å². The van der Waals surface area contributed by atoms with Gasteiger partial charge < -0.3 is 21.3 Å². The maximum absolute atomic E-state index is 11.0. The SMILES string of the molecule is Cc1c(Nc2ncnc(-c3ccc(C(=O)O)cc3)c2O)ccc2c1CCN=C2N. The van der Waals surface area contributed by atoms with Crippen LogP contribution in [0.4, 0.5) is 11.5 Å². The summed E-state index contributed by atoms with van der Waals surface area (Å²) in [5.41, 5.74) is 10.9. The van der Waals surface area contributed by atoms with Crippen molar-refractivity contribution < 1.29 is 15.0 Å². The van der Waals surface area contributed by atoms with E-state index in [1.807, 2.05) is 19.1 Å². The fraction of sp³-hybridized carbons (Fsp3) is 0.143. The largest absolute Gasteiger partial charge is 0.503 e. The fourth-order valence-corrected chi connectivity index (χ4v) is 3.41. The van der Waals surface area contributed by atoms with Crippen molar-refractivity contribution in [2.45, 2.75) is 13.3 Å². The quantitative estimate of drug-likeness (QED) is 0.539. The van der Waals surface area contributed by atoms with Crippen molar-refractivity contribution in [1.29, 1.82) is 0 Å². The molecule has 0 radical (unpaired) electrons. The summed E-state index contributed by atoms with van der Waals surface area (Å²) in [6.07, 6.45) is 2.15. The van der Waals surface area contributed by atoms with Gasteiger partial charge in [0.25, 0.3) is 0 Å². The minimum Gasteiger partial charge on any atom is -0.503 e. The van der Waals surface area contributed by atoms with Gasteiger partial charge in [0, 0.05) is 23.4 Å². The summed E-state index contributed by atoms with van der Waals surface area (Å²) >= 11 is 0. The van der Waals surface area contributed by atoms with Crippen LogP contribution in [0.2, 0.25) is 0 Å². The first-order chi connectivity index (χ1) is 14.0. The molecule has 0 atom stereocenters. The molecule has 0 saturated carbocycles. The van der Waals surface area contributed by atoms with Gasteiger partial charge >= 0.3 is 5.97 Å². The van der Waals surface area contributed by atoms with Crippen LogP contribution in [0.15, 0.2) is 47.7 Å². The number of anilines is 2. The number of aliphatic imine (C=N–C) groups is 1. The number of rotatable bonds is 4. The molecule has 0 fully saturated rings. The second-order valence-corrected chi connectivity index (χ2v) is 6.71. The first-order valence-electron chi connectivity index (χ1n) is 9.03. The summed E-state index contributed by atoms with van der Waals surface area (Å²) < 4.78 is 0. The van der Waals surface area contributed by atoms with Crippen molar-refractivity contribution in [2.75, 3.05) is 11.9 Å². The summed E-state index contributed by atoms with van der Waals surface area (Å²) in [5.74, 6) is -0.330. The van der Waals surface area contributed by atoms with E-state index in [9.17, 15) is 9.90 Å². The molecular formula is C21H19N5O3. The van der Waals surface area contributed by atoms with E-state index in [2.05, 4.69) is 20.3 Å². The topological polar surface area (TPSA) is 134 Å². The number of aromatic hydroxyl groups is 1. The van der Waals surface area contributed by atoms with Crippen LogP contribution in [0.5, 0.6) is 5.75 Å². The Balaban J connectivity index is 1.68. The normalized spacial score (nSPS) is 12.8. The van der Waals surface area contributed by atoms with Gasteiger partial charge in [0.2, 0.25) is 0 Å². The summed E-state index contributed by atoms with van der Waals surface area (Å²) in [5, 5.41) is 22.9. The molecule has 8 nitrogen and oxygen atoms in total. The molecule has 2 aromatic carbocycles. The molecule has 0 saturated heterocycles. The smallest absolute Gasteiger partial charge is 0.335 e. The second kappa shape index (κ2) is 7.23. The molecule has 0 spiro atoms. The number of carboxylic acids is 1. The van der Waals surface area contributed by atoms with E-state index in [0.29, 0.717) is 23.6 Å². The van der Waals surface area contributed by atoms with Gasteiger partial charge in [-0.3, -0.25) is 4.99 Å². The number of benzene rings is 2. The summed E-state index contributed by atoms with van der Waals surface area (Å²) in [6, 6.07) is 9.91. The number of nitrogens with two attached hydrogens (primary N) is 1. The van der Waals surface area contributed by atoms with Crippen molar-refractivity contribution in [3.8, 4) is 17.0 Å². The Morgan fingerprint density at radius 1 is 1.14 bits per heavy atom. The standard InChI is InChI=1S/C21H19N5O3/c1-11-14-8-9-23-19(22)15(14)6-7-16(11)26-20-18(27)17(24-10-25-20)12-2-4-13(5-3-12)21(28)29/h2-7,10,27H,8-9H2,1H3,(H2,22,23)(H,28,29)(H,24,25,26). The Morgan fingerprint density at radius 2 is 1.90 bits per heavy atom. The Hall–Kier alpha value is -3.94. The number of fused-ring (bicyclic) bond motifs is 1. The Labute approximate surface area is 166 Å². The lowest BCUT2D eigenvalue weighted by Gasteiger charge is -2.20. The Kier molecular flexibility index (Phi) is 4.59. The van der Waals surface area contributed by atoms with Gasteiger partial charge in [0.05, 0.1) is 5.56 Å². The van der Waals surface area contributed by atoms with Gasteiger partial charge in [0.1, 0.15) is 17.9 Å². The molecule has 29 heavy (non-hydrogen) atoms. The number of amidine groups is 1. The number of aromatic carboxylic acids is 1. The van der Waals surface area contributed by atoms with Gasteiger partial charge in [-0.05, 0) is 48.7 Å². The molecule has 0 unspecified atom stereocenters. The highest BCUT2D eigenvalue weighted by molar-refractivity contribution is 6.00. The molecule has 1 aliphatic heterocycles. The highest BCUT2D eigenvalue weighted by Gasteiger charge is 2.18. The minimum atomic E-state index is -1.01. The minimum absolute atomic E-state index is 0.117. The Morgan fingerprint density at radius 3 is 2.62 bits per heavy atom. The molecule has 2 heterocycles. The van der Waals surface area contributed by atoms with Crippen molar-refractivity contribution in [1.82, 2.24) is 9.97 Å². The van der Waals surface area contributed by atoms with E-state index in [4.69, 9.17) is 10.8 Å². The van der Waals surface area contributed by atoms with Crippen molar-refractivity contribution >= 4 is 23.3 Å². The Bertz CT molecular complexity index is 1140. The van der Waals surface area contributed by atoms with Crippen LogP contribution in [0.25, 0.3) is 11.3 Å². The van der Waals surface area contributed by atoms with Crippen LogP contribution in [-0.4, -0.2) is 38.5 Å². The first kappa shape index (κ1) is 18.4. The van der Waals surface area contributed by atoms with E-state index in [-0.39, 0.29) is 17.1 Å². The van der Waals surface area contributed by atoms with Crippen LogP contribution in [-0.2, 0) is 6.42 Å². The fourth-order valence-electron chi connectivity index (χ4n) is 3.41. The number of hydrogen-bond donors (Lipinski definition) is 4. The van der Waals surface area contributed by atoms with Crippen molar-refractivity contribution in [3.63, 3.8) is 0 Å². The molecule has 3 aromatic rings. The zero-order chi connectivity index (χ0) is 20.5. The van der Waals surface area contributed by atoms with Crippen molar-refractivity contribution in [3.05, 3.63) is 65.0 Å². The van der Waals surface area contributed by atoms with Crippen LogP contribution >= 0.6 is 0 Å². The van der Waals surface area contributed by atoms with E-state index >= 15 is 0 Å². The number of aromatic nitrogens is 2. The third-order valence-electron chi connectivity index (χ3n) is 5.00. The number of hydrogen-bond acceptors (Lipinski definition) is 7. The average molecular weight is 389 g/mol. The summed E-state index contributed by atoms with van der Waals surface area (Å²) in [4.78, 5) is 23.6. The van der Waals surface area contributed by atoms with Gasteiger partial charge in [-0.25, -0.2) is 14.8 Å². The molecule has 1 aliphatic rings. The van der Waals surface area contributed by atoms with Gasteiger partial charge in [-0.15, -0.1) is 0 Å². The predicted molar refractivity (Wildman–Crippen MR) is 110 cm³/mol. The molecule has 8 heteroatoms. The molecular weight excluding hydrogens is 370 g/mol. The average Bonchev–Trinajstić information content (AvgIpc) is 2.72. The number of nitrogens with zero attached hydrogens (tertiary/aromatic N) is 3. The zero-order valence-corrected chi connectivity index (χ0v) is 15.7. The number of nitrogens with one attached hydrogen (secondary N) is 1. The number of carboxylic acid groups (broad SMARTS) is 1. The zero-order valence-electron chi connectivity index (χ0n) is 15.7. The van der Waals surface area contributed by atoms with E-state index < -0.39 is 5.97 Å². The maximum atomic E-state index is 11.0. The van der Waals surface area contributed by atoms with Crippen LogP contribution in [0.3, 0.4) is 0 Å². The lowest BCUT2D eigenvalue weighted by Crippen LogP contribution is -2.22. The maximum Gasteiger partial charge on any atom is 0.335 e. The van der Waals surface area contributed by atoms with Crippen LogP contribution < -0.4 is 11.1 Å².